The molecule has 2 heteroatoms. The van der Waals surface area contributed by atoms with Crippen molar-refractivity contribution in [2.24, 2.45) is 5.73 Å². The van der Waals surface area contributed by atoms with Crippen LogP contribution in [0.15, 0.2) is 54.6 Å². The van der Waals surface area contributed by atoms with Gasteiger partial charge in [-0.3, -0.25) is 0 Å². The molecule has 0 bridgehead atoms. The van der Waals surface area contributed by atoms with E-state index in [-0.39, 0.29) is 17.8 Å². The molecule has 17 heavy (non-hydrogen) atoms. The molecule has 0 aliphatic rings. The monoisotopic (exact) mass is 229 g/mol. The Kier molecular flexibility index (Phi) is 3.55. The summed E-state index contributed by atoms with van der Waals surface area (Å²) >= 11 is 0. The second-order valence-corrected chi connectivity index (χ2v) is 4.28. The van der Waals surface area contributed by atoms with E-state index in [1.165, 1.54) is 17.7 Å². The predicted octanol–water partition coefficient (Wildman–Crippen LogP) is 3.63. The van der Waals surface area contributed by atoms with Crippen LogP contribution in [-0.4, -0.2) is 0 Å². The zero-order chi connectivity index (χ0) is 12.3. The van der Waals surface area contributed by atoms with E-state index in [1.807, 2.05) is 18.2 Å². The lowest BCUT2D eigenvalue weighted by molar-refractivity contribution is 0.591. The summed E-state index contributed by atoms with van der Waals surface area (Å²) in [4.78, 5) is 0. The van der Waals surface area contributed by atoms with Crippen molar-refractivity contribution >= 4 is 0 Å². The highest BCUT2D eigenvalue weighted by molar-refractivity contribution is 5.27. The molecule has 0 saturated carbocycles. The molecule has 88 valence electrons. The minimum absolute atomic E-state index is 0.113. The molecule has 0 fully saturated rings. The maximum atomic E-state index is 12.8. The van der Waals surface area contributed by atoms with Crippen molar-refractivity contribution in [1.29, 1.82) is 0 Å². The Morgan fingerprint density at radius 3 is 2.06 bits per heavy atom. The SMILES string of the molecule is CC(c1ccccc1)C(N)c1ccc(F)cc1. The summed E-state index contributed by atoms with van der Waals surface area (Å²) < 4.78 is 12.8. The van der Waals surface area contributed by atoms with Crippen molar-refractivity contribution in [2.75, 3.05) is 0 Å². The van der Waals surface area contributed by atoms with Crippen molar-refractivity contribution in [2.45, 2.75) is 18.9 Å². The van der Waals surface area contributed by atoms with Gasteiger partial charge >= 0.3 is 0 Å². The molecule has 2 N–H and O–H groups in total. The molecule has 0 spiro atoms. The quantitative estimate of drug-likeness (QED) is 0.854. The number of halogens is 1. The van der Waals surface area contributed by atoms with Crippen molar-refractivity contribution in [1.82, 2.24) is 0 Å². The van der Waals surface area contributed by atoms with Gasteiger partial charge in [0.25, 0.3) is 0 Å². The number of rotatable bonds is 3. The van der Waals surface area contributed by atoms with E-state index in [4.69, 9.17) is 5.73 Å². The van der Waals surface area contributed by atoms with Crippen LogP contribution in [-0.2, 0) is 0 Å². The molecule has 2 unspecified atom stereocenters. The first-order valence-electron chi connectivity index (χ1n) is 5.74. The van der Waals surface area contributed by atoms with Gasteiger partial charge in [-0.1, -0.05) is 49.4 Å². The maximum Gasteiger partial charge on any atom is 0.123 e. The summed E-state index contributed by atoms with van der Waals surface area (Å²) in [5.74, 6) is -0.0185. The average molecular weight is 229 g/mol. The van der Waals surface area contributed by atoms with Crippen LogP contribution in [0.2, 0.25) is 0 Å². The van der Waals surface area contributed by atoms with Crippen LogP contribution in [0.1, 0.15) is 30.0 Å². The third-order valence-electron chi connectivity index (χ3n) is 3.12. The normalized spacial score (nSPS) is 14.3. The molecule has 0 aromatic heterocycles. The Balaban J connectivity index is 2.20. The van der Waals surface area contributed by atoms with Crippen LogP contribution in [0.5, 0.6) is 0 Å². The topological polar surface area (TPSA) is 26.0 Å². The molecule has 0 heterocycles. The Labute approximate surface area is 101 Å². The van der Waals surface area contributed by atoms with Crippen LogP contribution < -0.4 is 5.73 Å². The lowest BCUT2D eigenvalue weighted by Gasteiger charge is -2.20. The van der Waals surface area contributed by atoms with Gasteiger partial charge in [-0.2, -0.15) is 0 Å². The first kappa shape index (κ1) is 11.8. The van der Waals surface area contributed by atoms with Crippen LogP contribution in [0.3, 0.4) is 0 Å². The van der Waals surface area contributed by atoms with Crippen molar-refractivity contribution < 1.29 is 4.39 Å². The lowest BCUT2D eigenvalue weighted by Crippen LogP contribution is -2.17. The molecule has 0 radical (unpaired) electrons. The molecular formula is C15H16FN. The van der Waals surface area contributed by atoms with E-state index in [2.05, 4.69) is 19.1 Å². The van der Waals surface area contributed by atoms with Crippen LogP contribution in [0.25, 0.3) is 0 Å². The lowest BCUT2D eigenvalue weighted by atomic mass is 9.89. The van der Waals surface area contributed by atoms with Crippen molar-refractivity contribution in [3.05, 3.63) is 71.5 Å². The summed E-state index contributed by atoms with van der Waals surface area (Å²) in [5, 5.41) is 0. The molecule has 0 aliphatic heterocycles. The van der Waals surface area contributed by atoms with Crippen LogP contribution >= 0.6 is 0 Å². The van der Waals surface area contributed by atoms with Gasteiger partial charge in [-0.25, -0.2) is 4.39 Å². The van der Waals surface area contributed by atoms with E-state index in [1.54, 1.807) is 12.1 Å². The number of nitrogens with two attached hydrogens (primary N) is 1. The minimum atomic E-state index is -0.228. The number of hydrogen-bond donors (Lipinski definition) is 1. The number of benzene rings is 2. The molecule has 0 amide bonds. The van der Waals surface area contributed by atoms with Crippen LogP contribution in [0.4, 0.5) is 4.39 Å². The fourth-order valence-corrected chi connectivity index (χ4v) is 1.94. The molecule has 2 aromatic rings. The van der Waals surface area contributed by atoms with E-state index < -0.39 is 0 Å². The highest BCUT2D eigenvalue weighted by Crippen LogP contribution is 2.28. The molecule has 2 atom stereocenters. The standard InChI is InChI=1S/C15H16FN/c1-11(12-5-3-2-4-6-12)15(17)13-7-9-14(16)10-8-13/h2-11,15H,17H2,1H3. The molecular weight excluding hydrogens is 213 g/mol. The summed E-state index contributed by atoms with van der Waals surface area (Å²) in [5.41, 5.74) is 8.36. The Morgan fingerprint density at radius 1 is 0.882 bits per heavy atom. The zero-order valence-electron chi connectivity index (χ0n) is 9.81. The average Bonchev–Trinajstić information content (AvgIpc) is 2.39. The maximum absolute atomic E-state index is 12.8. The van der Waals surface area contributed by atoms with E-state index in [0.717, 1.165) is 5.56 Å². The first-order chi connectivity index (χ1) is 8.18. The molecule has 0 aliphatic carbocycles. The Bertz CT molecular complexity index is 464. The molecule has 2 aromatic carbocycles. The van der Waals surface area contributed by atoms with E-state index in [0.29, 0.717) is 0 Å². The van der Waals surface area contributed by atoms with Gasteiger partial charge in [0.1, 0.15) is 5.82 Å². The summed E-state index contributed by atoms with van der Waals surface area (Å²) in [6.45, 7) is 2.09. The smallest absolute Gasteiger partial charge is 0.123 e. The minimum Gasteiger partial charge on any atom is -0.323 e. The molecule has 0 saturated heterocycles. The summed E-state index contributed by atoms with van der Waals surface area (Å²) in [6, 6.07) is 16.4. The van der Waals surface area contributed by atoms with Crippen molar-refractivity contribution in [3.63, 3.8) is 0 Å². The third kappa shape index (κ3) is 2.71. The second kappa shape index (κ2) is 5.11. The summed E-state index contributed by atoms with van der Waals surface area (Å²) in [7, 11) is 0. The van der Waals surface area contributed by atoms with Gasteiger partial charge in [0.15, 0.2) is 0 Å². The van der Waals surface area contributed by atoms with Crippen molar-refractivity contribution in [3.8, 4) is 0 Å². The van der Waals surface area contributed by atoms with Gasteiger partial charge in [0.05, 0.1) is 0 Å². The van der Waals surface area contributed by atoms with E-state index in [9.17, 15) is 4.39 Å². The summed E-state index contributed by atoms with van der Waals surface area (Å²) in [6.07, 6.45) is 0. The predicted molar refractivity (Wildman–Crippen MR) is 68.2 cm³/mol. The highest BCUT2D eigenvalue weighted by Gasteiger charge is 2.16. The fourth-order valence-electron chi connectivity index (χ4n) is 1.94. The van der Waals surface area contributed by atoms with Gasteiger partial charge < -0.3 is 5.73 Å². The van der Waals surface area contributed by atoms with E-state index >= 15 is 0 Å². The second-order valence-electron chi connectivity index (χ2n) is 4.28. The first-order valence-corrected chi connectivity index (χ1v) is 5.74. The van der Waals surface area contributed by atoms with Gasteiger partial charge in [-0.15, -0.1) is 0 Å². The van der Waals surface area contributed by atoms with Gasteiger partial charge in [-0.05, 0) is 23.3 Å². The van der Waals surface area contributed by atoms with Crippen LogP contribution in [0, 0.1) is 5.82 Å². The number of hydrogen-bond acceptors (Lipinski definition) is 1. The largest absolute Gasteiger partial charge is 0.323 e. The molecule has 2 rings (SSSR count). The third-order valence-corrected chi connectivity index (χ3v) is 3.12. The van der Waals surface area contributed by atoms with Gasteiger partial charge in [0.2, 0.25) is 0 Å². The Morgan fingerprint density at radius 2 is 1.47 bits per heavy atom. The zero-order valence-corrected chi connectivity index (χ0v) is 9.81. The highest BCUT2D eigenvalue weighted by atomic mass is 19.1. The van der Waals surface area contributed by atoms with Gasteiger partial charge in [0, 0.05) is 12.0 Å². The molecule has 1 nitrogen and oxygen atoms in total. The fraction of sp³-hybridized carbons (Fsp3) is 0.200. The Hall–Kier alpha value is -1.67.